The van der Waals surface area contributed by atoms with E-state index in [1.165, 1.54) is 13.2 Å². The van der Waals surface area contributed by atoms with Gasteiger partial charge in [0.05, 0.1) is 26.5 Å². The Morgan fingerprint density at radius 2 is 1.85 bits per heavy atom. The van der Waals surface area contributed by atoms with Crippen molar-refractivity contribution in [3.05, 3.63) is 23.2 Å². The topological polar surface area (TPSA) is 75.0 Å². The minimum Gasteiger partial charge on any atom is -0.463 e. The van der Waals surface area contributed by atoms with E-state index in [1.807, 2.05) is 6.92 Å². The number of aryl methyl sites for hydroxylation is 1. The molecule has 114 valence electrons. The molecule has 1 rings (SSSR count). The Balaban J connectivity index is 3.02. The number of rotatable bonds is 8. The molecule has 0 aromatic carbocycles. The third kappa shape index (κ3) is 4.20. The molecular weight excluding hydrogens is 283 g/mol. The van der Waals surface area contributed by atoms with Crippen LogP contribution in [0.15, 0.2) is 10.5 Å². The van der Waals surface area contributed by atoms with Crippen LogP contribution in [0.3, 0.4) is 0 Å². The summed E-state index contributed by atoms with van der Waals surface area (Å²) >= 11 is 0. The fourth-order valence-corrected chi connectivity index (χ4v) is 3.56. The van der Waals surface area contributed by atoms with Gasteiger partial charge in [-0.15, -0.1) is 0 Å². The minimum atomic E-state index is -3.22. The molecule has 1 heterocycles. The number of furan rings is 1. The van der Waals surface area contributed by atoms with Crippen LogP contribution in [0.5, 0.6) is 0 Å². The lowest BCUT2D eigenvalue weighted by Crippen LogP contribution is -2.00. The zero-order valence-corrected chi connectivity index (χ0v) is 13.2. The molecule has 0 aliphatic rings. The monoisotopic (exact) mass is 304 g/mol. The molecule has 0 amide bonds. The molecule has 7 heteroatoms. The van der Waals surface area contributed by atoms with Gasteiger partial charge in [-0.25, -0.2) is 4.79 Å². The van der Waals surface area contributed by atoms with Crippen LogP contribution >= 0.6 is 7.60 Å². The number of carbonyl (C=O) groups is 1. The second-order valence-electron chi connectivity index (χ2n) is 4.01. The maximum absolute atomic E-state index is 12.5. The van der Waals surface area contributed by atoms with E-state index in [4.69, 9.17) is 13.5 Å². The normalized spacial score (nSPS) is 11.6. The van der Waals surface area contributed by atoms with Gasteiger partial charge in [0.2, 0.25) is 5.76 Å². The third-order valence-electron chi connectivity index (χ3n) is 2.62. The molecule has 1 aromatic heterocycles. The first-order valence-electron chi connectivity index (χ1n) is 6.57. The highest BCUT2D eigenvalue weighted by atomic mass is 31.2. The maximum Gasteiger partial charge on any atom is 0.373 e. The summed E-state index contributed by atoms with van der Waals surface area (Å²) < 4.78 is 33.0. The van der Waals surface area contributed by atoms with Crippen molar-refractivity contribution in [3.8, 4) is 0 Å². The molecule has 0 N–H and O–H groups in total. The third-order valence-corrected chi connectivity index (χ3v) is 4.65. The zero-order valence-electron chi connectivity index (χ0n) is 12.3. The van der Waals surface area contributed by atoms with Gasteiger partial charge in [-0.05, 0) is 19.9 Å². The standard InChI is InChI=1S/C13H21O6P/c1-5-11-10(8-12(19-11)13(14)16-4)9-20(15,17-6-2)18-7-3/h8H,5-7,9H2,1-4H3. The smallest absolute Gasteiger partial charge is 0.373 e. The van der Waals surface area contributed by atoms with Crippen molar-refractivity contribution in [3.63, 3.8) is 0 Å². The lowest BCUT2D eigenvalue weighted by molar-refractivity contribution is 0.0563. The van der Waals surface area contributed by atoms with Gasteiger partial charge < -0.3 is 18.2 Å². The molecule has 0 fully saturated rings. The molecule has 0 radical (unpaired) electrons. The highest BCUT2D eigenvalue weighted by Crippen LogP contribution is 2.52. The van der Waals surface area contributed by atoms with Crippen LogP contribution in [-0.2, 0) is 30.9 Å². The summed E-state index contributed by atoms with van der Waals surface area (Å²) in [4.78, 5) is 11.5. The largest absolute Gasteiger partial charge is 0.463 e. The van der Waals surface area contributed by atoms with E-state index in [9.17, 15) is 9.36 Å². The number of hydrogen-bond acceptors (Lipinski definition) is 6. The van der Waals surface area contributed by atoms with Crippen molar-refractivity contribution in [2.24, 2.45) is 0 Å². The van der Waals surface area contributed by atoms with Crippen molar-refractivity contribution < 1.29 is 27.6 Å². The van der Waals surface area contributed by atoms with Crippen molar-refractivity contribution in [1.82, 2.24) is 0 Å². The molecule has 0 bridgehead atoms. The fraction of sp³-hybridized carbons (Fsp3) is 0.615. The number of carbonyl (C=O) groups excluding carboxylic acids is 1. The summed E-state index contributed by atoms with van der Waals surface area (Å²) in [5.74, 6) is 0.123. The van der Waals surface area contributed by atoms with Gasteiger partial charge in [0.15, 0.2) is 0 Å². The summed E-state index contributed by atoms with van der Waals surface area (Å²) in [6, 6.07) is 1.54. The molecule has 0 aliphatic carbocycles. The second-order valence-corrected chi connectivity index (χ2v) is 6.06. The Hall–Kier alpha value is -1.10. The first-order chi connectivity index (χ1) is 9.49. The zero-order chi connectivity index (χ0) is 15.2. The maximum atomic E-state index is 12.5. The van der Waals surface area contributed by atoms with Gasteiger partial charge in [0.1, 0.15) is 5.76 Å². The Morgan fingerprint density at radius 1 is 1.25 bits per heavy atom. The lowest BCUT2D eigenvalue weighted by Gasteiger charge is -2.16. The first kappa shape index (κ1) is 17.0. The molecule has 0 atom stereocenters. The van der Waals surface area contributed by atoms with Gasteiger partial charge in [0, 0.05) is 12.0 Å². The predicted octanol–water partition coefficient (Wildman–Crippen LogP) is 3.39. The number of hydrogen-bond donors (Lipinski definition) is 0. The highest BCUT2D eigenvalue weighted by molar-refractivity contribution is 7.53. The second kappa shape index (κ2) is 7.62. The van der Waals surface area contributed by atoms with Gasteiger partial charge in [-0.2, -0.15) is 0 Å². The average Bonchev–Trinajstić information content (AvgIpc) is 2.80. The summed E-state index contributed by atoms with van der Waals surface area (Å²) in [5, 5.41) is 0. The Morgan fingerprint density at radius 3 is 2.30 bits per heavy atom. The van der Waals surface area contributed by atoms with Crippen LogP contribution in [0, 0.1) is 0 Å². The quantitative estimate of drug-likeness (QED) is 0.541. The van der Waals surface area contributed by atoms with Crippen LogP contribution in [0.25, 0.3) is 0 Å². The van der Waals surface area contributed by atoms with Crippen molar-refractivity contribution in [2.45, 2.75) is 33.4 Å². The highest BCUT2D eigenvalue weighted by Gasteiger charge is 2.28. The van der Waals surface area contributed by atoms with E-state index in [0.717, 1.165) is 0 Å². The van der Waals surface area contributed by atoms with E-state index in [-0.39, 0.29) is 11.9 Å². The molecule has 0 saturated carbocycles. The SMILES string of the molecule is CCOP(=O)(Cc1cc(C(=O)OC)oc1CC)OCC. The summed E-state index contributed by atoms with van der Waals surface area (Å²) in [6.45, 7) is 5.97. The predicted molar refractivity (Wildman–Crippen MR) is 74.0 cm³/mol. The van der Waals surface area contributed by atoms with Gasteiger partial charge >= 0.3 is 13.6 Å². The van der Waals surface area contributed by atoms with E-state index >= 15 is 0 Å². The first-order valence-corrected chi connectivity index (χ1v) is 8.30. The fourth-order valence-electron chi connectivity index (χ4n) is 1.83. The van der Waals surface area contributed by atoms with Gasteiger partial charge in [0.25, 0.3) is 0 Å². The van der Waals surface area contributed by atoms with E-state index < -0.39 is 13.6 Å². The van der Waals surface area contributed by atoms with E-state index in [1.54, 1.807) is 13.8 Å². The molecular formula is C13H21O6P. The average molecular weight is 304 g/mol. The number of esters is 1. The Labute approximate surface area is 118 Å². The molecule has 0 spiro atoms. The molecule has 0 aliphatic heterocycles. The molecule has 20 heavy (non-hydrogen) atoms. The Bertz CT molecular complexity index is 483. The summed E-state index contributed by atoms with van der Waals surface area (Å²) in [5.41, 5.74) is 0.651. The van der Waals surface area contributed by atoms with Crippen molar-refractivity contribution in [2.75, 3.05) is 20.3 Å². The van der Waals surface area contributed by atoms with E-state index in [0.29, 0.717) is 31.0 Å². The molecule has 6 nitrogen and oxygen atoms in total. The van der Waals surface area contributed by atoms with Crippen LogP contribution in [-0.4, -0.2) is 26.3 Å². The minimum absolute atomic E-state index is 0.0817. The molecule has 0 saturated heterocycles. The number of methoxy groups -OCH3 is 1. The lowest BCUT2D eigenvalue weighted by atomic mass is 10.2. The van der Waals surface area contributed by atoms with Gasteiger partial charge in [-0.1, -0.05) is 6.92 Å². The van der Waals surface area contributed by atoms with Crippen LogP contribution in [0.1, 0.15) is 42.6 Å². The van der Waals surface area contributed by atoms with Crippen molar-refractivity contribution >= 4 is 13.6 Å². The Kier molecular flexibility index (Phi) is 6.46. The molecule has 1 aromatic rings. The molecule has 0 unspecified atom stereocenters. The van der Waals surface area contributed by atoms with Crippen molar-refractivity contribution in [1.29, 1.82) is 0 Å². The number of ether oxygens (including phenoxy) is 1. The van der Waals surface area contributed by atoms with Crippen LogP contribution < -0.4 is 0 Å². The van der Waals surface area contributed by atoms with Crippen LogP contribution in [0.2, 0.25) is 0 Å². The summed E-state index contributed by atoms with van der Waals surface area (Å²) in [7, 11) is -1.94. The van der Waals surface area contributed by atoms with Crippen LogP contribution in [0.4, 0.5) is 0 Å². The summed E-state index contributed by atoms with van der Waals surface area (Å²) in [6.07, 6.45) is 0.656. The van der Waals surface area contributed by atoms with Gasteiger partial charge in [-0.3, -0.25) is 4.57 Å². The van der Waals surface area contributed by atoms with E-state index in [2.05, 4.69) is 4.74 Å².